The van der Waals surface area contributed by atoms with Crippen molar-refractivity contribution in [3.05, 3.63) is 46.5 Å². The van der Waals surface area contributed by atoms with E-state index in [0.29, 0.717) is 5.44 Å². The van der Waals surface area contributed by atoms with Crippen LogP contribution in [0.3, 0.4) is 0 Å². The lowest BCUT2D eigenvalue weighted by Gasteiger charge is -2.19. The number of aryl methyl sites for hydroxylation is 1. The fourth-order valence-corrected chi connectivity index (χ4v) is 3.61. The van der Waals surface area contributed by atoms with Gasteiger partial charge in [0.15, 0.2) is 0 Å². The van der Waals surface area contributed by atoms with Gasteiger partial charge in [-0.25, -0.2) is 0 Å². The van der Waals surface area contributed by atoms with Crippen molar-refractivity contribution < 1.29 is 4.74 Å². The van der Waals surface area contributed by atoms with Crippen molar-refractivity contribution in [1.29, 1.82) is 0 Å². The zero-order valence-electron chi connectivity index (χ0n) is 10.6. The highest BCUT2D eigenvalue weighted by Gasteiger charge is 2.14. The Labute approximate surface area is 106 Å². The van der Waals surface area contributed by atoms with Crippen molar-refractivity contribution >= 4 is 16.5 Å². The molecule has 2 rings (SSSR count). The van der Waals surface area contributed by atoms with Gasteiger partial charge in [-0.15, -0.1) is 0 Å². The second-order valence-corrected chi connectivity index (χ2v) is 6.27. The molecular weight excluding hydrogens is 230 g/mol. The number of hydrogen-bond acceptors (Lipinski definition) is 2. The molecule has 0 spiro atoms. The molecule has 0 aliphatic carbocycles. The fourth-order valence-electron chi connectivity index (χ4n) is 1.86. The first kappa shape index (κ1) is 12.4. The SMILES string of the molecule is CCOC(C)[SH]1C=CC(c2ccnc(C)c2)=C1. The molecule has 2 unspecified atom stereocenters. The first-order chi connectivity index (χ1) is 8.20. The highest BCUT2D eigenvalue weighted by molar-refractivity contribution is 8.22. The quantitative estimate of drug-likeness (QED) is 0.823. The minimum Gasteiger partial charge on any atom is -0.369 e. The lowest BCUT2D eigenvalue weighted by atomic mass is 10.1. The standard InChI is InChI=1S/C14H19NOS/c1-4-16-12(3)17-8-6-14(10-17)13-5-7-15-11(2)9-13/h5-10,12,17H,4H2,1-3H3. The van der Waals surface area contributed by atoms with E-state index in [1.54, 1.807) is 0 Å². The summed E-state index contributed by atoms with van der Waals surface area (Å²) in [5.41, 5.74) is 3.92. The first-order valence-corrected chi connectivity index (χ1v) is 7.47. The molecule has 1 aliphatic rings. The summed E-state index contributed by atoms with van der Waals surface area (Å²) in [6.07, 6.45) is 4.07. The van der Waals surface area contributed by atoms with E-state index in [4.69, 9.17) is 4.74 Å². The predicted molar refractivity (Wildman–Crippen MR) is 76.2 cm³/mol. The minimum absolute atomic E-state index is 0.270. The van der Waals surface area contributed by atoms with Crippen molar-refractivity contribution in [2.75, 3.05) is 6.61 Å². The van der Waals surface area contributed by atoms with Crippen LogP contribution in [0.5, 0.6) is 0 Å². The van der Waals surface area contributed by atoms with E-state index in [9.17, 15) is 0 Å². The van der Waals surface area contributed by atoms with Gasteiger partial charge in [-0.2, -0.15) is 10.9 Å². The van der Waals surface area contributed by atoms with E-state index >= 15 is 0 Å². The zero-order chi connectivity index (χ0) is 12.3. The van der Waals surface area contributed by atoms with Crippen molar-refractivity contribution in [2.24, 2.45) is 0 Å². The van der Waals surface area contributed by atoms with E-state index in [0.717, 1.165) is 12.3 Å². The van der Waals surface area contributed by atoms with Gasteiger partial charge in [0.25, 0.3) is 0 Å². The second kappa shape index (κ2) is 5.52. The molecule has 0 radical (unpaired) electrons. The van der Waals surface area contributed by atoms with Crippen molar-refractivity contribution in [1.82, 2.24) is 4.98 Å². The molecule has 2 atom stereocenters. The van der Waals surface area contributed by atoms with Crippen molar-refractivity contribution in [2.45, 2.75) is 26.2 Å². The van der Waals surface area contributed by atoms with Gasteiger partial charge in [0.05, 0.1) is 5.44 Å². The van der Waals surface area contributed by atoms with Crippen LogP contribution in [-0.4, -0.2) is 17.0 Å². The molecule has 1 aromatic heterocycles. The normalized spacial score (nSPS) is 22.5. The van der Waals surface area contributed by atoms with E-state index in [1.165, 1.54) is 11.1 Å². The number of nitrogens with zero attached hydrogens (tertiary/aromatic N) is 1. The first-order valence-electron chi connectivity index (χ1n) is 5.93. The van der Waals surface area contributed by atoms with Gasteiger partial charge in [0.2, 0.25) is 0 Å². The summed E-state index contributed by atoms with van der Waals surface area (Å²) in [4.78, 5) is 4.22. The topological polar surface area (TPSA) is 22.1 Å². The highest BCUT2D eigenvalue weighted by Crippen LogP contribution is 2.43. The van der Waals surface area contributed by atoms with Gasteiger partial charge in [0.1, 0.15) is 0 Å². The van der Waals surface area contributed by atoms with Crippen LogP contribution in [0.4, 0.5) is 0 Å². The number of allylic oxidation sites excluding steroid dienone is 2. The molecule has 3 heteroatoms. The van der Waals surface area contributed by atoms with Crippen molar-refractivity contribution in [3.8, 4) is 0 Å². The highest BCUT2D eigenvalue weighted by atomic mass is 32.2. The maximum absolute atomic E-state index is 5.65. The van der Waals surface area contributed by atoms with E-state index < -0.39 is 0 Å². The van der Waals surface area contributed by atoms with Gasteiger partial charge in [-0.1, -0.05) is 0 Å². The Bertz CT molecular complexity index is 453. The molecule has 0 N–H and O–H groups in total. The summed E-state index contributed by atoms with van der Waals surface area (Å²) in [5.74, 6) is 0. The number of thiol groups is 1. The minimum atomic E-state index is -0.270. The summed E-state index contributed by atoms with van der Waals surface area (Å²) >= 11 is 0. The molecule has 92 valence electrons. The van der Waals surface area contributed by atoms with Crippen LogP contribution >= 0.6 is 10.9 Å². The predicted octanol–water partition coefficient (Wildman–Crippen LogP) is 3.64. The van der Waals surface area contributed by atoms with Crippen LogP contribution in [0.15, 0.2) is 35.2 Å². The average Bonchev–Trinajstić information content (AvgIpc) is 2.78. The zero-order valence-corrected chi connectivity index (χ0v) is 11.4. The molecule has 1 aliphatic heterocycles. The van der Waals surface area contributed by atoms with Crippen LogP contribution in [0.2, 0.25) is 0 Å². The Morgan fingerprint density at radius 3 is 3.00 bits per heavy atom. The molecule has 0 bridgehead atoms. The summed E-state index contributed by atoms with van der Waals surface area (Å²) in [7, 11) is -0.270. The van der Waals surface area contributed by atoms with Crippen LogP contribution in [-0.2, 0) is 4.74 Å². The molecule has 1 aromatic rings. The Morgan fingerprint density at radius 2 is 2.29 bits per heavy atom. The maximum atomic E-state index is 5.65. The molecule has 0 amide bonds. The van der Waals surface area contributed by atoms with Gasteiger partial charge in [-0.05, 0) is 60.9 Å². The van der Waals surface area contributed by atoms with Gasteiger partial charge >= 0.3 is 0 Å². The van der Waals surface area contributed by atoms with Crippen LogP contribution < -0.4 is 0 Å². The Balaban J connectivity index is 2.15. The molecule has 2 heterocycles. The summed E-state index contributed by atoms with van der Waals surface area (Å²) < 4.78 is 5.65. The van der Waals surface area contributed by atoms with Crippen LogP contribution in [0, 0.1) is 6.92 Å². The third-order valence-electron chi connectivity index (χ3n) is 2.77. The molecule has 17 heavy (non-hydrogen) atoms. The molecule has 0 fully saturated rings. The van der Waals surface area contributed by atoms with Crippen LogP contribution in [0.1, 0.15) is 25.1 Å². The Kier molecular flexibility index (Phi) is 4.02. The lowest BCUT2D eigenvalue weighted by molar-refractivity contribution is 0.137. The second-order valence-electron chi connectivity index (χ2n) is 4.09. The van der Waals surface area contributed by atoms with Crippen molar-refractivity contribution in [3.63, 3.8) is 0 Å². The van der Waals surface area contributed by atoms with E-state index in [2.05, 4.69) is 40.9 Å². The monoisotopic (exact) mass is 249 g/mol. The Morgan fingerprint density at radius 1 is 1.47 bits per heavy atom. The number of ether oxygens (including phenoxy) is 1. The van der Waals surface area contributed by atoms with Crippen LogP contribution in [0.25, 0.3) is 5.57 Å². The average molecular weight is 249 g/mol. The third kappa shape index (κ3) is 2.99. The van der Waals surface area contributed by atoms with Gasteiger partial charge in [-0.3, -0.25) is 4.98 Å². The third-order valence-corrected chi connectivity index (χ3v) is 4.83. The molecular formula is C14H19NOS. The lowest BCUT2D eigenvalue weighted by Crippen LogP contribution is -2.04. The summed E-state index contributed by atoms with van der Waals surface area (Å²) in [5, 5.41) is 4.62. The van der Waals surface area contributed by atoms with Gasteiger partial charge < -0.3 is 4.74 Å². The number of aromatic nitrogens is 1. The van der Waals surface area contributed by atoms with E-state index in [1.807, 2.05) is 20.0 Å². The number of rotatable bonds is 4. The number of pyridine rings is 1. The Hall–Kier alpha value is -1.06. The van der Waals surface area contributed by atoms with Gasteiger partial charge in [0, 0.05) is 18.5 Å². The summed E-state index contributed by atoms with van der Waals surface area (Å²) in [6.45, 7) is 7.00. The fraction of sp³-hybridized carbons (Fsp3) is 0.357. The molecule has 2 nitrogen and oxygen atoms in total. The van der Waals surface area contributed by atoms with E-state index in [-0.39, 0.29) is 10.9 Å². The molecule has 0 saturated heterocycles. The smallest absolute Gasteiger partial charge is 0.0889 e. The molecule has 0 saturated carbocycles. The summed E-state index contributed by atoms with van der Waals surface area (Å²) in [6, 6.07) is 4.19. The largest absolute Gasteiger partial charge is 0.369 e. The molecule has 0 aromatic carbocycles. The maximum Gasteiger partial charge on any atom is 0.0889 e. The number of hydrogen-bond donors (Lipinski definition) is 1.